The number of aliphatic carboxylic acids is 1. The van der Waals surface area contributed by atoms with Gasteiger partial charge in [-0.25, -0.2) is 4.79 Å². The van der Waals surface area contributed by atoms with Crippen molar-refractivity contribution >= 4 is 40.9 Å². The summed E-state index contributed by atoms with van der Waals surface area (Å²) >= 11 is 12.2. The van der Waals surface area contributed by atoms with Gasteiger partial charge in [0.15, 0.2) is 18.1 Å². The van der Waals surface area contributed by atoms with Crippen molar-refractivity contribution in [3.8, 4) is 11.3 Å². The topological polar surface area (TPSA) is 184 Å². The van der Waals surface area contributed by atoms with Crippen LogP contribution in [0.3, 0.4) is 0 Å². The zero-order valence-corrected chi connectivity index (χ0v) is 15.4. The van der Waals surface area contributed by atoms with Crippen LogP contribution < -0.4 is 11.1 Å². The summed E-state index contributed by atoms with van der Waals surface area (Å²) < 4.78 is 5.17. The van der Waals surface area contributed by atoms with Gasteiger partial charge in [0.2, 0.25) is 5.95 Å². The van der Waals surface area contributed by atoms with E-state index in [1.54, 1.807) is 18.2 Å². The Balaban J connectivity index is 1.99. The maximum Gasteiger partial charge on any atom is 0.335 e. The summed E-state index contributed by atoms with van der Waals surface area (Å²) in [6.07, 6.45) is -8.57. The Kier molecular flexibility index (Phi) is 5.84. The number of aliphatic hydroxyl groups is 3. The molecule has 1 aromatic heterocycles. The Labute approximate surface area is 167 Å². The Bertz CT molecular complexity index is 903. The molecule has 5 atom stereocenters. The van der Waals surface area contributed by atoms with E-state index in [1.165, 1.54) is 0 Å². The average Bonchev–Trinajstić information content (AvgIpc) is 2.64. The number of aliphatic hydroxyl groups excluding tert-OH is 3. The van der Waals surface area contributed by atoms with Crippen LogP contribution in [0.2, 0.25) is 10.0 Å². The lowest BCUT2D eigenvalue weighted by molar-refractivity contribution is -0.221. The first-order valence-corrected chi connectivity index (χ1v) is 8.60. The van der Waals surface area contributed by atoms with E-state index in [0.29, 0.717) is 5.56 Å². The largest absolute Gasteiger partial charge is 0.479 e. The molecule has 1 saturated heterocycles. The van der Waals surface area contributed by atoms with Gasteiger partial charge in [0.1, 0.15) is 24.0 Å². The number of hydrogen-bond donors (Lipinski definition) is 6. The third-order valence-electron chi connectivity index (χ3n) is 4.05. The number of carboxylic acid groups (broad SMARTS) is 1. The van der Waals surface area contributed by atoms with Crippen LogP contribution in [0.5, 0.6) is 0 Å². The van der Waals surface area contributed by atoms with Crippen molar-refractivity contribution < 1.29 is 30.0 Å². The van der Waals surface area contributed by atoms with E-state index < -0.39 is 36.6 Å². The first-order chi connectivity index (χ1) is 13.2. The summed E-state index contributed by atoms with van der Waals surface area (Å²) in [4.78, 5) is 15.2. The summed E-state index contributed by atoms with van der Waals surface area (Å²) in [5.74, 6) is -1.82. The van der Waals surface area contributed by atoms with Gasteiger partial charge in [0.05, 0.1) is 10.0 Å². The van der Waals surface area contributed by atoms with Crippen LogP contribution in [0.25, 0.3) is 11.3 Å². The van der Waals surface area contributed by atoms with E-state index in [4.69, 9.17) is 38.8 Å². The quantitative estimate of drug-likeness (QED) is 0.374. The van der Waals surface area contributed by atoms with E-state index >= 15 is 0 Å². The van der Waals surface area contributed by atoms with Crippen LogP contribution in [0.4, 0.5) is 11.8 Å². The number of carboxylic acids is 1. The van der Waals surface area contributed by atoms with E-state index in [-0.39, 0.29) is 27.5 Å². The predicted molar refractivity (Wildman–Crippen MR) is 97.6 cm³/mol. The lowest BCUT2D eigenvalue weighted by Gasteiger charge is -2.39. The SMILES string of the molecule is Nc1nnc(-c2cccc(Cl)c2Cl)c(NC2OC(C(=O)O)C(O)C(O)C2O)n1. The second-order valence-corrected chi connectivity index (χ2v) is 6.69. The minimum absolute atomic E-state index is 0.0616. The standard InChI is InChI=1S/C15H15Cl2N5O6/c16-5-3-1-2-4(6(5)17)7-12(20-15(18)22-21-7)19-13-10(25)8(23)9(24)11(28-13)14(26)27/h1-3,8-11,13,23-25H,(H,26,27)(H3,18,19,20,22). The highest BCUT2D eigenvalue weighted by Gasteiger charge is 2.47. The molecule has 11 nitrogen and oxygen atoms in total. The third kappa shape index (κ3) is 3.81. The molecule has 150 valence electrons. The van der Waals surface area contributed by atoms with Gasteiger partial charge >= 0.3 is 5.97 Å². The second-order valence-electron chi connectivity index (χ2n) is 5.90. The highest BCUT2D eigenvalue weighted by molar-refractivity contribution is 6.43. The van der Waals surface area contributed by atoms with E-state index in [0.717, 1.165) is 0 Å². The molecule has 0 amide bonds. The molecule has 0 bridgehead atoms. The number of aromatic nitrogens is 3. The second kappa shape index (κ2) is 7.99. The molecule has 1 aliphatic heterocycles. The molecule has 1 aromatic carbocycles. The van der Waals surface area contributed by atoms with Crippen LogP contribution in [0.1, 0.15) is 0 Å². The maximum absolute atomic E-state index is 11.2. The van der Waals surface area contributed by atoms with Crippen molar-refractivity contribution in [1.82, 2.24) is 15.2 Å². The number of nitrogen functional groups attached to an aromatic ring is 1. The molecule has 0 saturated carbocycles. The normalized spacial score (nSPS) is 27.4. The van der Waals surface area contributed by atoms with Crippen molar-refractivity contribution in [2.45, 2.75) is 30.6 Å². The number of anilines is 2. The molecule has 28 heavy (non-hydrogen) atoms. The molecule has 13 heteroatoms. The van der Waals surface area contributed by atoms with Crippen molar-refractivity contribution in [2.75, 3.05) is 11.1 Å². The van der Waals surface area contributed by atoms with Gasteiger partial charge in [-0.15, -0.1) is 10.2 Å². The van der Waals surface area contributed by atoms with E-state index in [2.05, 4.69) is 20.5 Å². The van der Waals surface area contributed by atoms with Gasteiger partial charge in [-0.2, -0.15) is 4.98 Å². The Morgan fingerprint density at radius 3 is 2.54 bits per heavy atom. The minimum atomic E-state index is -1.83. The van der Waals surface area contributed by atoms with Gasteiger partial charge in [0.25, 0.3) is 0 Å². The first kappa shape index (κ1) is 20.5. The Hall–Kier alpha value is -2.28. The molecule has 7 N–H and O–H groups in total. The molecule has 5 unspecified atom stereocenters. The molecule has 0 aliphatic carbocycles. The molecule has 1 fully saturated rings. The van der Waals surface area contributed by atoms with E-state index in [9.17, 15) is 20.1 Å². The van der Waals surface area contributed by atoms with Crippen LogP contribution >= 0.6 is 23.2 Å². The average molecular weight is 432 g/mol. The number of nitrogens with two attached hydrogens (primary N) is 1. The molecular formula is C15H15Cl2N5O6. The molecule has 2 aromatic rings. The number of nitrogens with one attached hydrogen (secondary N) is 1. The summed E-state index contributed by atoms with van der Waals surface area (Å²) in [5.41, 5.74) is 5.99. The van der Waals surface area contributed by atoms with Gasteiger partial charge in [-0.05, 0) is 6.07 Å². The summed E-state index contributed by atoms with van der Waals surface area (Å²) in [5, 5.41) is 49.6. The fraction of sp³-hybridized carbons (Fsp3) is 0.333. The van der Waals surface area contributed by atoms with Crippen LogP contribution in [-0.4, -0.2) is 72.2 Å². The van der Waals surface area contributed by atoms with Crippen LogP contribution in [0, 0.1) is 0 Å². The van der Waals surface area contributed by atoms with Gasteiger partial charge < -0.3 is 36.2 Å². The smallest absolute Gasteiger partial charge is 0.335 e. The fourth-order valence-electron chi connectivity index (χ4n) is 2.64. The summed E-state index contributed by atoms with van der Waals surface area (Å²) in [6, 6.07) is 4.75. The zero-order chi connectivity index (χ0) is 20.6. The number of carbonyl (C=O) groups is 1. The number of halogens is 2. The predicted octanol–water partition coefficient (Wildman–Crippen LogP) is -0.268. The number of ether oxygens (including phenoxy) is 1. The van der Waals surface area contributed by atoms with E-state index in [1.807, 2.05) is 0 Å². The molecule has 3 rings (SSSR count). The van der Waals surface area contributed by atoms with Crippen LogP contribution in [-0.2, 0) is 9.53 Å². The lowest BCUT2D eigenvalue weighted by atomic mass is 9.98. The molecule has 0 radical (unpaired) electrons. The highest BCUT2D eigenvalue weighted by atomic mass is 35.5. The number of benzene rings is 1. The zero-order valence-electron chi connectivity index (χ0n) is 13.9. The first-order valence-electron chi connectivity index (χ1n) is 7.84. The number of hydrogen-bond acceptors (Lipinski definition) is 10. The summed E-state index contributed by atoms with van der Waals surface area (Å²) in [7, 11) is 0. The van der Waals surface area contributed by atoms with Crippen molar-refractivity contribution in [3.63, 3.8) is 0 Å². The molecule has 0 spiro atoms. The van der Waals surface area contributed by atoms with Gasteiger partial charge in [0, 0.05) is 5.56 Å². The Morgan fingerprint density at radius 2 is 1.86 bits per heavy atom. The lowest BCUT2D eigenvalue weighted by Crippen LogP contribution is -2.61. The van der Waals surface area contributed by atoms with Crippen LogP contribution in [0.15, 0.2) is 18.2 Å². The third-order valence-corrected chi connectivity index (χ3v) is 4.86. The molecular weight excluding hydrogens is 417 g/mol. The van der Waals surface area contributed by atoms with Gasteiger partial charge in [-0.1, -0.05) is 35.3 Å². The molecule has 1 aliphatic rings. The maximum atomic E-state index is 11.2. The number of rotatable bonds is 4. The van der Waals surface area contributed by atoms with Gasteiger partial charge in [-0.3, -0.25) is 0 Å². The molecule has 2 heterocycles. The monoisotopic (exact) mass is 431 g/mol. The van der Waals surface area contributed by atoms with Crippen molar-refractivity contribution in [1.29, 1.82) is 0 Å². The van der Waals surface area contributed by atoms with Crippen molar-refractivity contribution in [2.24, 2.45) is 0 Å². The number of nitrogens with zero attached hydrogens (tertiary/aromatic N) is 3. The minimum Gasteiger partial charge on any atom is -0.479 e. The fourth-order valence-corrected chi connectivity index (χ4v) is 3.03. The Morgan fingerprint density at radius 1 is 1.14 bits per heavy atom. The summed E-state index contributed by atoms with van der Waals surface area (Å²) in [6.45, 7) is 0. The van der Waals surface area contributed by atoms with Crippen molar-refractivity contribution in [3.05, 3.63) is 28.2 Å². The highest BCUT2D eigenvalue weighted by Crippen LogP contribution is 2.36.